The molecule has 1 atom stereocenters. The molecule has 18 heavy (non-hydrogen) atoms. The van der Waals surface area contributed by atoms with Crippen molar-refractivity contribution in [2.24, 2.45) is 0 Å². The maximum absolute atomic E-state index is 11.5. The largest absolute Gasteiger partial charge is 0.481 e. The second-order valence-corrected chi connectivity index (χ2v) is 6.29. The summed E-state index contributed by atoms with van der Waals surface area (Å²) in [7, 11) is -0.580. The monoisotopic (exact) mass is 266 g/mol. The van der Waals surface area contributed by atoms with Crippen LogP contribution in [-0.4, -0.2) is 27.4 Å². The minimum atomic E-state index is -0.930. The Kier molecular flexibility index (Phi) is 6.08. The van der Waals surface area contributed by atoms with E-state index in [1.54, 1.807) is 6.92 Å². The van der Waals surface area contributed by atoms with Gasteiger partial charge in [-0.05, 0) is 18.5 Å². The van der Waals surface area contributed by atoms with Crippen molar-refractivity contribution in [2.45, 2.75) is 38.1 Å². The smallest absolute Gasteiger partial charge is 0.316 e. The molecule has 0 amide bonds. The van der Waals surface area contributed by atoms with Crippen LogP contribution in [0.15, 0.2) is 30.3 Å². The van der Waals surface area contributed by atoms with Crippen LogP contribution in [0, 0.1) is 0 Å². The molecule has 100 valence electrons. The Bertz CT molecular complexity index is 367. The number of benzene rings is 1. The molecular formula is C14H22O3Si. The molecule has 3 nitrogen and oxygen atoms in total. The summed E-state index contributed by atoms with van der Waals surface area (Å²) in [5.41, 5.74) is -0.123. The van der Waals surface area contributed by atoms with Crippen LogP contribution in [0.25, 0.3) is 0 Å². The van der Waals surface area contributed by atoms with Gasteiger partial charge in [0.25, 0.3) is 0 Å². The van der Waals surface area contributed by atoms with Crippen molar-refractivity contribution >= 4 is 15.7 Å². The lowest BCUT2D eigenvalue weighted by Crippen LogP contribution is -2.37. The Hall–Kier alpha value is -1.13. The Labute approximate surface area is 111 Å². The first kappa shape index (κ1) is 14.9. The van der Waals surface area contributed by atoms with Gasteiger partial charge in [-0.1, -0.05) is 50.1 Å². The summed E-state index contributed by atoms with van der Waals surface area (Å²) in [5, 5.41) is 9.42. The second kappa shape index (κ2) is 7.33. The fraction of sp³-hybridized carbons (Fsp3) is 0.500. The zero-order valence-corrected chi connectivity index (χ0v) is 12.6. The maximum atomic E-state index is 11.5. The Balaban J connectivity index is 2.62. The fourth-order valence-electron chi connectivity index (χ4n) is 1.80. The topological polar surface area (TPSA) is 46.5 Å². The molecule has 0 aliphatic carbocycles. The zero-order chi connectivity index (χ0) is 13.4. The van der Waals surface area contributed by atoms with Gasteiger partial charge in [0, 0.05) is 0 Å². The van der Waals surface area contributed by atoms with Crippen molar-refractivity contribution in [3.8, 4) is 0 Å². The van der Waals surface area contributed by atoms with Crippen LogP contribution < -0.4 is 0 Å². The number of hydrogen-bond acceptors (Lipinski definition) is 2. The average molecular weight is 266 g/mol. The third kappa shape index (κ3) is 3.96. The fourth-order valence-corrected chi connectivity index (χ4v) is 3.27. The highest BCUT2D eigenvalue weighted by Crippen LogP contribution is 2.24. The number of aliphatic carboxylic acids is 1. The molecule has 0 spiro atoms. The minimum Gasteiger partial charge on any atom is -0.481 e. The molecule has 0 bridgehead atoms. The molecule has 1 aromatic rings. The summed E-state index contributed by atoms with van der Waals surface area (Å²) in [6.07, 6.45) is 2.35. The molecule has 0 radical (unpaired) electrons. The number of unbranched alkanes of at least 4 members (excludes halogenated alkanes) is 1. The highest BCUT2D eigenvalue weighted by molar-refractivity contribution is 6.27. The SMILES string of the molecule is CCCC[SiH2]OCC(C)(C(=O)O)c1ccccc1. The molecule has 0 saturated carbocycles. The van der Waals surface area contributed by atoms with Crippen LogP contribution >= 0.6 is 0 Å². The Morgan fingerprint density at radius 1 is 1.39 bits per heavy atom. The van der Waals surface area contributed by atoms with Crippen LogP contribution in [0.1, 0.15) is 32.3 Å². The summed E-state index contributed by atoms with van der Waals surface area (Å²) in [5.74, 6) is -0.821. The molecule has 4 heteroatoms. The molecule has 1 unspecified atom stereocenters. The Morgan fingerprint density at radius 2 is 2.06 bits per heavy atom. The van der Waals surface area contributed by atoms with E-state index in [4.69, 9.17) is 4.43 Å². The van der Waals surface area contributed by atoms with Gasteiger partial charge in [-0.2, -0.15) is 0 Å². The van der Waals surface area contributed by atoms with Crippen LogP contribution in [0.5, 0.6) is 0 Å². The van der Waals surface area contributed by atoms with E-state index in [-0.39, 0.29) is 6.61 Å². The van der Waals surface area contributed by atoms with Gasteiger partial charge < -0.3 is 9.53 Å². The van der Waals surface area contributed by atoms with E-state index in [0.29, 0.717) is 0 Å². The first-order valence-electron chi connectivity index (χ1n) is 6.48. The summed E-state index contributed by atoms with van der Waals surface area (Å²) in [4.78, 5) is 11.5. The van der Waals surface area contributed by atoms with Gasteiger partial charge in [0.2, 0.25) is 0 Å². The van der Waals surface area contributed by atoms with Crippen molar-refractivity contribution in [3.05, 3.63) is 35.9 Å². The summed E-state index contributed by atoms with van der Waals surface area (Å²) in [6.45, 7) is 4.17. The first-order chi connectivity index (χ1) is 8.61. The van der Waals surface area contributed by atoms with Crippen molar-refractivity contribution in [1.29, 1.82) is 0 Å². The summed E-state index contributed by atoms with van der Waals surface area (Å²) >= 11 is 0. The summed E-state index contributed by atoms with van der Waals surface area (Å²) in [6, 6.07) is 10.5. The van der Waals surface area contributed by atoms with Gasteiger partial charge in [-0.3, -0.25) is 4.79 Å². The van der Waals surface area contributed by atoms with Crippen molar-refractivity contribution in [1.82, 2.24) is 0 Å². The third-order valence-electron chi connectivity index (χ3n) is 3.17. The number of hydrogen-bond donors (Lipinski definition) is 1. The van der Waals surface area contributed by atoms with Gasteiger partial charge in [-0.15, -0.1) is 0 Å². The van der Waals surface area contributed by atoms with E-state index in [1.165, 1.54) is 12.8 Å². The molecule has 0 heterocycles. The highest BCUT2D eigenvalue weighted by Gasteiger charge is 2.35. The number of carboxylic acids is 1. The molecule has 0 aromatic heterocycles. The van der Waals surface area contributed by atoms with E-state index < -0.39 is 21.1 Å². The Morgan fingerprint density at radius 3 is 2.61 bits per heavy atom. The van der Waals surface area contributed by atoms with Crippen LogP contribution in [0.4, 0.5) is 0 Å². The van der Waals surface area contributed by atoms with Gasteiger partial charge in [0.05, 0.1) is 6.61 Å². The van der Waals surface area contributed by atoms with E-state index in [0.717, 1.165) is 11.6 Å². The van der Waals surface area contributed by atoms with E-state index in [9.17, 15) is 9.90 Å². The van der Waals surface area contributed by atoms with Crippen molar-refractivity contribution in [3.63, 3.8) is 0 Å². The average Bonchev–Trinajstić information content (AvgIpc) is 2.39. The van der Waals surface area contributed by atoms with Gasteiger partial charge in [-0.25, -0.2) is 0 Å². The predicted octanol–water partition coefficient (Wildman–Crippen LogP) is 2.35. The highest BCUT2D eigenvalue weighted by atomic mass is 28.2. The number of carbonyl (C=O) groups is 1. The lowest BCUT2D eigenvalue weighted by Gasteiger charge is -2.25. The maximum Gasteiger partial charge on any atom is 0.316 e. The lowest BCUT2D eigenvalue weighted by molar-refractivity contribution is -0.144. The third-order valence-corrected chi connectivity index (χ3v) is 4.45. The van der Waals surface area contributed by atoms with E-state index >= 15 is 0 Å². The molecule has 1 rings (SSSR count). The quantitative estimate of drug-likeness (QED) is 0.580. The molecule has 0 fully saturated rings. The molecule has 0 aliphatic heterocycles. The molecule has 1 N–H and O–H groups in total. The standard InChI is InChI=1S/C14H22O3Si/c1-3-4-10-18-17-11-14(2,13(15)16)12-8-6-5-7-9-12/h5-9H,3-4,10-11,18H2,1-2H3,(H,15,16). The molecular weight excluding hydrogens is 244 g/mol. The number of rotatable bonds is 8. The number of carboxylic acid groups (broad SMARTS) is 1. The van der Waals surface area contributed by atoms with Gasteiger partial charge in [0.1, 0.15) is 5.41 Å². The van der Waals surface area contributed by atoms with Crippen molar-refractivity contribution < 1.29 is 14.3 Å². The molecule has 1 aromatic carbocycles. The molecule has 0 saturated heterocycles. The van der Waals surface area contributed by atoms with Crippen LogP contribution in [0.3, 0.4) is 0 Å². The second-order valence-electron chi connectivity index (χ2n) is 4.76. The van der Waals surface area contributed by atoms with Gasteiger partial charge >= 0.3 is 5.97 Å². The summed E-state index contributed by atoms with van der Waals surface area (Å²) < 4.78 is 5.67. The predicted molar refractivity (Wildman–Crippen MR) is 75.6 cm³/mol. The normalized spacial score (nSPS) is 14.8. The van der Waals surface area contributed by atoms with Crippen LogP contribution in [0.2, 0.25) is 6.04 Å². The zero-order valence-electron chi connectivity index (χ0n) is 11.2. The molecule has 0 aliphatic rings. The minimum absolute atomic E-state index is 0.280. The van der Waals surface area contributed by atoms with E-state index in [1.807, 2.05) is 30.3 Å². The van der Waals surface area contributed by atoms with Gasteiger partial charge in [0.15, 0.2) is 9.76 Å². The van der Waals surface area contributed by atoms with Crippen molar-refractivity contribution in [2.75, 3.05) is 6.61 Å². The first-order valence-corrected chi connectivity index (χ1v) is 8.05. The van der Waals surface area contributed by atoms with Crippen LogP contribution in [-0.2, 0) is 14.6 Å². The lowest BCUT2D eigenvalue weighted by atomic mass is 9.83. The van der Waals surface area contributed by atoms with E-state index in [2.05, 4.69) is 6.92 Å².